The number of hydrogen-bond acceptors (Lipinski definition) is 4. The van der Waals surface area contributed by atoms with Crippen LogP contribution in [0.3, 0.4) is 0 Å². The Morgan fingerprint density at radius 3 is 2.74 bits per heavy atom. The Kier molecular flexibility index (Phi) is 6.18. The van der Waals surface area contributed by atoms with Crippen LogP contribution in [0.25, 0.3) is 0 Å². The largest absolute Gasteiger partial charge is 0.389 e. The highest BCUT2D eigenvalue weighted by atomic mass is 32.1. The molecule has 0 bridgehead atoms. The zero-order valence-corrected chi connectivity index (χ0v) is 13.0. The SMILES string of the molecule is COCCN(CC(C)C)c1nccc(C)c1C(N)=S. The lowest BCUT2D eigenvalue weighted by Crippen LogP contribution is -2.34. The molecule has 0 saturated heterocycles. The Balaban J connectivity index is 3.13. The van der Waals surface area contributed by atoms with Gasteiger partial charge in [-0.1, -0.05) is 26.1 Å². The van der Waals surface area contributed by atoms with Crippen molar-refractivity contribution in [3.63, 3.8) is 0 Å². The molecule has 0 fully saturated rings. The minimum Gasteiger partial charge on any atom is -0.389 e. The highest BCUT2D eigenvalue weighted by Gasteiger charge is 2.17. The molecule has 0 saturated carbocycles. The van der Waals surface area contributed by atoms with E-state index >= 15 is 0 Å². The molecule has 0 unspecified atom stereocenters. The van der Waals surface area contributed by atoms with Crippen LogP contribution >= 0.6 is 12.2 Å². The summed E-state index contributed by atoms with van der Waals surface area (Å²) >= 11 is 5.16. The number of hydrogen-bond donors (Lipinski definition) is 1. The number of nitrogens with two attached hydrogens (primary N) is 1. The first kappa shape index (κ1) is 15.9. The number of rotatable bonds is 7. The quantitative estimate of drug-likeness (QED) is 0.776. The zero-order valence-electron chi connectivity index (χ0n) is 12.1. The van der Waals surface area contributed by atoms with Gasteiger partial charge in [-0.3, -0.25) is 0 Å². The number of ether oxygens (including phenoxy) is 1. The number of anilines is 1. The molecular weight excluding hydrogens is 258 g/mol. The Hall–Kier alpha value is -1.20. The second-order valence-corrected chi connectivity index (χ2v) is 5.46. The maximum Gasteiger partial charge on any atom is 0.139 e. The number of nitrogens with zero attached hydrogens (tertiary/aromatic N) is 2. The van der Waals surface area contributed by atoms with E-state index in [1.165, 1.54) is 0 Å². The molecule has 0 amide bonds. The van der Waals surface area contributed by atoms with Gasteiger partial charge < -0.3 is 15.4 Å². The number of pyridine rings is 1. The predicted octanol–water partition coefficient (Wildman–Crippen LogP) is 2.13. The van der Waals surface area contributed by atoms with E-state index in [-0.39, 0.29) is 0 Å². The molecule has 0 aliphatic carbocycles. The van der Waals surface area contributed by atoms with Crippen LogP contribution < -0.4 is 10.6 Å². The van der Waals surface area contributed by atoms with Gasteiger partial charge in [-0.05, 0) is 24.5 Å². The van der Waals surface area contributed by atoms with Crippen LogP contribution in [0.1, 0.15) is 25.0 Å². The van der Waals surface area contributed by atoms with E-state index in [2.05, 4.69) is 23.7 Å². The van der Waals surface area contributed by atoms with Crippen molar-refractivity contribution in [3.05, 3.63) is 23.4 Å². The van der Waals surface area contributed by atoms with Crippen molar-refractivity contribution in [2.24, 2.45) is 11.7 Å². The van der Waals surface area contributed by atoms with E-state index in [0.717, 1.165) is 30.0 Å². The molecule has 106 valence electrons. The average molecular weight is 281 g/mol. The van der Waals surface area contributed by atoms with Crippen molar-refractivity contribution in [2.75, 3.05) is 31.7 Å². The fourth-order valence-corrected chi connectivity index (χ4v) is 2.27. The summed E-state index contributed by atoms with van der Waals surface area (Å²) in [5.74, 6) is 1.39. The second-order valence-electron chi connectivity index (χ2n) is 5.02. The standard InChI is InChI=1S/C14H23N3OS/c1-10(2)9-17(7-8-18-4)14-12(13(15)19)11(3)5-6-16-14/h5-6,10H,7-9H2,1-4H3,(H2,15,19). The van der Waals surface area contributed by atoms with Gasteiger partial charge in [0.05, 0.1) is 12.2 Å². The van der Waals surface area contributed by atoms with E-state index in [1.807, 2.05) is 13.0 Å². The van der Waals surface area contributed by atoms with Gasteiger partial charge in [-0.25, -0.2) is 4.98 Å². The van der Waals surface area contributed by atoms with Gasteiger partial charge in [0.2, 0.25) is 0 Å². The summed E-state index contributed by atoms with van der Waals surface area (Å²) < 4.78 is 5.17. The molecule has 0 radical (unpaired) electrons. The minimum atomic E-state index is 0.395. The maximum atomic E-state index is 5.85. The van der Waals surface area contributed by atoms with Crippen LogP contribution in [-0.2, 0) is 4.74 Å². The molecule has 4 nitrogen and oxygen atoms in total. The first-order valence-corrected chi connectivity index (χ1v) is 6.87. The van der Waals surface area contributed by atoms with E-state index in [0.29, 0.717) is 17.5 Å². The lowest BCUT2D eigenvalue weighted by Gasteiger charge is -2.27. The number of methoxy groups -OCH3 is 1. The Labute approximate surface area is 121 Å². The van der Waals surface area contributed by atoms with Crippen molar-refractivity contribution >= 4 is 23.0 Å². The molecule has 2 N–H and O–H groups in total. The van der Waals surface area contributed by atoms with Crippen molar-refractivity contribution < 1.29 is 4.74 Å². The van der Waals surface area contributed by atoms with Gasteiger partial charge in [0.25, 0.3) is 0 Å². The summed E-state index contributed by atoms with van der Waals surface area (Å²) in [7, 11) is 1.70. The van der Waals surface area contributed by atoms with Crippen LogP contribution in [0.2, 0.25) is 0 Å². The summed E-state index contributed by atoms with van der Waals surface area (Å²) in [6.07, 6.45) is 1.80. The molecule has 0 spiro atoms. The summed E-state index contributed by atoms with van der Waals surface area (Å²) in [5.41, 5.74) is 7.77. The Bertz CT molecular complexity index is 435. The fraction of sp³-hybridized carbons (Fsp3) is 0.571. The molecular formula is C14H23N3OS. The summed E-state index contributed by atoms with van der Waals surface area (Å²) in [5, 5.41) is 0. The molecule has 0 atom stereocenters. The fourth-order valence-electron chi connectivity index (χ4n) is 2.01. The third-order valence-electron chi connectivity index (χ3n) is 2.84. The average Bonchev–Trinajstić information content (AvgIpc) is 2.33. The van der Waals surface area contributed by atoms with Gasteiger partial charge in [0, 0.05) is 26.4 Å². The topological polar surface area (TPSA) is 51.4 Å². The molecule has 0 aliphatic heterocycles. The third kappa shape index (κ3) is 4.44. The van der Waals surface area contributed by atoms with E-state index in [9.17, 15) is 0 Å². The molecule has 1 heterocycles. The Morgan fingerprint density at radius 2 is 2.21 bits per heavy atom. The second kappa shape index (κ2) is 7.40. The van der Waals surface area contributed by atoms with E-state index < -0.39 is 0 Å². The molecule has 19 heavy (non-hydrogen) atoms. The highest BCUT2D eigenvalue weighted by molar-refractivity contribution is 7.80. The van der Waals surface area contributed by atoms with Crippen LogP contribution in [0, 0.1) is 12.8 Å². The van der Waals surface area contributed by atoms with Gasteiger partial charge in [-0.15, -0.1) is 0 Å². The van der Waals surface area contributed by atoms with Gasteiger partial charge >= 0.3 is 0 Å². The monoisotopic (exact) mass is 281 g/mol. The summed E-state index contributed by atoms with van der Waals surface area (Å²) in [6.45, 7) is 8.69. The molecule has 1 rings (SSSR count). The first-order valence-electron chi connectivity index (χ1n) is 6.46. The lowest BCUT2D eigenvalue weighted by atomic mass is 10.1. The molecule has 0 aromatic carbocycles. The normalized spacial score (nSPS) is 10.8. The zero-order chi connectivity index (χ0) is 14.4. The van der Waals surface area contributed by atoms with Crippen molar-refractivity contribution in [2.45, 2.75) is 20.8 Å². The minimum absolute atomic E-state index is 0.395. The molecule has 1 aromatic heterocycles. The van der Waals surface area contributed by atoms with Crippen molar-refractivity contribution in [1.29, 1.82) is 0 Å². The van der Waals surface area contributed by atoms with Crippen LogP contribution in [0.4, 0.5) is 5.82 Å². The molecule has 1 aromatic rings. The smallest absolute Gasteiger partial charge is 0.139 e. The van der Waals surface area contributed by atoms with Crippen LogP contribution in [-0.4, -0.2) is 36.8 Å². The third-order valence-corrected chi connectivity index (χ3v) is 3.04. The lowest BCUT2D eigenvalue weighted by molar-refractivity contribution is 0.204. The number of aromatic nitrogens is 1. The molecule has 0 aliphatic rings. The number of aryl methyl sites for hydroxylation is 1. The van der Waals surface area contributed by atoms with Crippen molar-refractivity contribution in [1.82, 2.24) is 4.98 Å². The van der Waals surface area contributed by atoms with E-state index in [1.54, 1.807) is 13.3 Å². The van der Waals surface area contributed by atoms with Gasteiger partial charge in [0.15, 0.2) is 0 Å². The van der Waals surface area contributed by atoms with Crippen LogP contribution in [0.15, 0.2) is 12.3 Å². The van der Waals surface area contributed by atoms with Gasteiger partial charge in [0.1, 0.15) is 10.8 Å². The highest BCUT2D eigenvalue weighted by Crippen LogP contribution is 2.21. The van der Waals surface area contributed by atoms with Gasteiger partial charge in [-0.2, -0.15) is 0 Å². The maximum absolute atomic E-state index is 5.85. The van der Waals surface area contributed by atoms with Crippen LogP contribution in [0.5, 0.6) is 0 Å². The summed E-state index contributed by atoms with van der Waals surface area (Å²) in [6, 6.07) is 1.93. The first-order chi connectivity index (χ1) is 8.97. The molecule has 5 heteroatoms. The predicted molar refractivity (Wildman–Crippen MR) is 83.8 cm³/mol. The Morgan fingerprint density at radius 1 is 1.53 bits per heavy atom. The van der Waals surface area contributed by atoms with E-state index in [4.69, 9.17) is 22.7 Å². The number of thiocarbonyl (C=S) groups is 1. The summed E-state index contributed by atoms with van der Waals surface area (Å²) in [4.78, 5) is 7.06. The van der Waals surface area contributed by atoms with Crippen molar-refractivity contribution in [3.8, 4) is 0 Å².